The highest BCUT2D eigenvalue weighted by Gasteiger charge is 2.31. The number of thiophene rings is 1. The first-order valence-electron chi connectivity index (χ1n) is 9.59. The second-order valence-electron chi connectivity index (χ2n) is 7.02. The molecule has 0 bridgehead atoms. The Morgan fingerprint density at radius 2 is 1.89 bits per heavy atom. The molecule has 4 heterocycles. The van der Waals surface area contributed by atoms with Crippen molar-refractivity contribution in [2.24, 2.45) is 0 Å². The molecule has 0 N–H and O–H groups in total. The molecule has 2 aliphatic rings. The molecule has 2 aliphatic heterocycles. The fourth-order valence-corrected chi connectivity index (χ4v) is 4.94. The van der Waals surface area contributed by atoms with E-state index in [0.717, 1.165) is 29.1 Å². The molecule has 0 aliphatic carbocycles. The maximum Gasteiger partial charge on any atom is 0.264 e. The molecule has 0 radical (unpaired) electrons. The standard InChI is InChI=1S/C20H25N3O3S/c24-19(7-11-21-8-1-2-9-21)23-10-3-4-16(23)17-5-6-18(27-17)20(25)22-12-14-26-15-13-22/h1-2,5-6,8-9,16H,3-4,7,10-15H2/t16-/m1/s1. The van der Waals surface area contributed by atoms with Gasteiger partial charge in [0.25, 0.3) is 5.91 Å². The highest BCUT2D eigenvalue weighted by atomic mass is 32.1. The van der Waals surface area contributed by atoms with E-state index in [4.69, 9.17) is 4.74 Å². The largest absolute Gasteiger partial charge is 0.378 e. The summed E-state index contributed by atoms with van der Waals surface area (Å²) in [4.78, 5) is 31.2. The van der Waals surface area contributed by atoms with Gasteiger partial charge >= 0.3 is 0 Å². The lowest BCUT2D eigenvalue weighted by Gasteiger charge is -2.26. The zero-order valence-electron chi connectivity index (χ0n) is 15.4. The van der Waals surface area contributed by atoms with E-state index in [1.807, 2.05) is 51.0 Å². The Balaban J connectivity index is 1.40. The lowest BCUT2D eigenvalue weighted by molar-refractivity contribution is -0.132. The molecule has 2 saturated heterocycles. The van der Waals surface area contributed by atoms with Crippen molar-refractivity contribution >= 4 is 23.2 Å². The number of aryl methyl sites for hydroxylation is 1. The number of ether oxygens (including phenoxy) is 1. The smallest absolute Gasteiger partial charge is 0.264 e. The highest BCUT2D eigenvalue weighted by Crippen LogP contribution is 2.36. The fraction of sp³-hybridized carbons (Fsp3) is 0.500. The summed E-state index contributed by atoms with van der Waals surface area (Å²) >= 11 is 1.54. The van der Waals surface area contributed by atoms with Crippen LogP contribution in [-0.4, -0.2) is 59.0 Å². The molecule has 4 rings (SSSR count). The summed E-state index contributed by atoms with van der Waals surface area (Å²) in [5.74, 6) is 0.277. The Labute approximate surface area is 163 Å². The van der Waals surface area contributed by atoms with Crippen molar-refractivity contribution < 1.29 is 14.3 Å². The van der Waals surface area contributed by atoms with Crippen LogP contribution in [-0.2, 0) is 16.1 Å². The third-order valence-corrected chi connectivity index (χ3v) is 6.46. The van der Waals surface area contributed by atoms with Gasteiger partial charge in [0, 0.05) is 49.9 Å². The first-order chi connectivity index (χ1) is 13.2. The molecule has 0 unspecified atom stereocenters. The van der Waals surface area contributed by atoms with Crippen LogP contribution in [0.2, 0.25) is 0 Å². The summed E-state index contributed by atoms with van der Waals surface area (Å²) in [7, 11) is 0. The molecule has 6 nitrogen and oxygen atoms in total. The molecule has 2 fully saturated rings. The third kappa shape index (κ3) is 4.09. The summed E-state index contributed by atoms with van der Waals surface area (Å²) in [6.07, 6.45) is 6.47. The van der Waals surface area contributed by atoms with Crippen molar-refractivity contribution in [3.63, 3.8) is 0 Å². The summed E-state index contributed by atoms with van der Waals surface area (Å²) in [6.45, 7) is 4.03. The summed E-state index contributed by atoms with van der Waals surface area (Å²) < 4.78 is 7.36. The zero-order valence-corrected chi connectivity index (χ0v) is 16.2. The number of hydrogen-bond acceptors (Lipinski definition) is 4. The van der Waals surface area contributed by atoms with Crippen LogP contribution in [0.5, 0.6) is 0 Å². The first-order valence-corrected chi connectivity index (χ1v) is 10.4. The van der Waals surface area contributed by atoms with Gasteiger partial charge in [-0.05, 0) is 37.1 Å². The van der Waals surface area contributed by atoms with Crippen LogP contribution in [0.1, 0.15) is 39.9 Å². The van der Waals surface area contributed by atoms with Crippen LogP contribution >= 0.6 is 11.3 Å². The van der Waals surface area contributed by atoms with Gasteiger partial charge < -0.3 is 19.1 Å². The van der Waals surface area contributed by atoms with E-state index in [9.17, 15) is 9.59 Å². The minimum atomic E-state index is 0.0815. The minimum absolute atomic E-state index is 0.0815. The number of hydrogen-bond donors (Lipinski definition) is 0. The van der Waals surface area contributed by atoms with E-state index in [2.05, 4.69) is 0 Å². The third-order valence-electron chi connectivity index (χ3n) is 5.29. The van der Waals surface area contributed by atoms with Gasteiger partial charge in [-0.15, -0.1) is 11.3 Å². The Morgan fingerprint density at radius 1 is 1.11 bits per heavy atom. The van der Waals surface area contributed by atoms with E-state index in [1.54, 1.807) is 0 Å². The van der Waals surface area contributed by atoms with Crippen molar-refractivity contribution in [2.45, 2.75) is 31.8 Å². The van der Waals surface area contributed by atoms with Gasteiger partial charge in [0.2, 0.25) is 5.91 Å². The van der Waals surface area contributed by atoms with Crippen LogP contribution in [0, 0.1) is 0 Å². The number of amides is 2. The Morgan fingerprint density at radius 3 is 2.67 bits per heavy atom. The predicted octanol–water partition coefficient (Wildman–Crippen LogP) is 2.78. The molecule has 2 amide bonds. The second-order valence-corrected chi connectivity index (χ2v) is 8.14. The van der Waals surface area contributed by atoms with Gasteiger partial charge in [-0.2, -0.15) is 0 Å². The van der Waals surface area contributed by atoms with Gasteiger partial charge in [-0.25, -0.2) is 0 Å². The van der Waals surface area contributed by atoms with E-state index < -0.39 is 0 Å². The summed E-state index contributed by atoms with van der Waals surface area (Å²) in [5.41, 5.74) is 0. The summed E-state index contributed by atoms with van der Waals surface area (Å²) in [6, 6.07) is 8.00. The first kappa shape index (κ1) is 18.3. The lowest BCUT2D eigenvalue weighted by Crippen LogP contribution is -2.40. The molecule has 2 aromatic rings. The predicted molar refractivity (Wildman–Crippen MR) is 104 cm³/mol. The topological polar surface area (TPSA) is 54.8 Å². The average molecular weight is 388 g/mol. The van der Waals surface area contributed by atoms with E-state index in [0.29, 0.717) is 39.3 Å². The zero-order chi connectivity index (χ0) is 18.6. The minimum Gasteiger partial charge on any atom is -0.378 e. The second kappa shape index (κ2) is 8.27. The number of carbonyl (C=O) groups excluding carboxylic acids is 2. The number of nitrogens with zero attached hydrogens (tertiary/aromatic N) is 3. The van der Waals surface area contributed by atoms with E-state index >= 15 is 0 Å². The maximum absolute atomic E-state index is 12.7. The molecule has 1 atom stereocenters. The van der Waals surface area contributed by atoms with Crippen LogP contribution in [0.25, 0.3) is 0 Å². The van der Waals surface area contributed by atoms with Crippen molar-refractivity contribution in [2.75, 3.05) is 32.8 Å². The maximum atomic E-state index is 12.7. The monoisotopic (exact) mass is 387 g/mol. The number of carbonyl (C=O) groups is 2. The SMILES string of the molecule is O=C(c1ccc([C@H]2CCCN2C(=O)CCn2cccc2)s1)N1CCOCC1. The number of morpholine rings is 1. The molecule has 27 heavy (non-hydrogen) atoms. The Kier molecular flexibility index (Phi) is 5.59. The molecule has 0 aromatic carbocycles. The lowest BCUT2D eigenvalue weighted by atomic mass is 10.2. The van der Waals surface area contributed by atoms with Crippen molar-refractivity contribution in [3.05, 3.63) is 46.4 Å². The van der Waals surface area contributed by atoms with Crippen LogP contribution in [0.15, 0.2) is 36.7 Å². The van der Waals surface area contributed by atoms with Gasteiger partial charge in [-0.1, -0.05) is 0 Å². The van der Waals surface area contributed by atoms with Crippen molar-refractivity contribution in [1.82, 2.24) is 14.4 Å². The van der Waals surface area contributed by atoms with Gasteiger partial charge in [0.05, 0.1) is 24.1 Å². The number of rotatable bonds is 5. The van der Waals surface area contributed by atoms with E-state index in [-0.39, 0.29) is 17.9 Å². The van der Waals surface area contributed by atoms with E-state index in [1.165, 1.54) is 11.3 Å². The van der Waals surface area contributed by atoms with Crippen LogP contribution in [0.3, 0.4) is 0 Å². The molecule has 0 spiro atoms. The van der Waals surface area contributed by atoms with Crippen LogP contribution in [0.4, 0.5) is 0 Å². The van der Waals surface area contributed by atoms with Crippen LogP contribution < -0.4 is 0 Å². The number of aromatic nitrogens is 1. The fourth-order valence-electron chi connectivity index (χ4n) is 3.82. The molecule has 0 saturated carbocycles. The normalized spacial score (nSPS) is 20.2. The van der Waals surface area contributed by atoms with Gasteiger partial charge in [0.1, 0.15) is 0 Å². The number of likely N-dealkylation sites (tertiary alicyclic amines) is 1. The molecular formula is C20H25N3O3S. The van der Waals surface area contributed by atoms with Gasteiger partial charge in [-0.3, -0.25) is 9.59 Å². The van der Waals surface area contributed by atoms with Crippen molar-refractivity contribution in [3.8, 4) is 0 Å². The Hall–Kier alpha value is -2.12. The van der Waals surface area contributed by atoms with Gasteiger partial charge in [0.15, 0.2) is 0 Å². The quantitative estimate of drug-likeness (QED) is 0.793. The molecule has 2 aromatic heterocycles. The highest BCUT2D eigenvalue weighted by molar-refractivity contribution is 7.14. The van der Waals surface area contributed by atoms with Crippen molar-refractivity contribution in [1.29, 1.82) is 0 Å². The molecule has 7 heteroatoms. The Bertz CT molecular complexity index is 780. The molecular weight excluding hydrogens is 362 g/mol. The average Bonchev–Trinajstić information content (AvgIpc) is 3.47. The molecule has 144 valence electrons. The summed E-state index contributed by atoms with van der Waals surface area (Å²) in [5, 5.41) is 0.